The van der Waals surface area contributed by atoms with E-state index in [0.29, 0.717) is 11.4 Å². The van der Waals surface area contributed by atoms with Crippen LogP contribution >= 0.6 is 0 Å². The fraction of sp³-hybridized carbons (Fsp3) is 0.200. The summed E-state index contributed by atoms with van der Waals surface area (Å²) in [6.07, 6.45) is 0. The number of hydrogen-bond acceptors (Lipinski definition) is 4. The van der Waals surface area contributed by atoms with Crippen LogP contribution in [0.15, 0.2) is 60.7 Å². The Morgan fingerprint density at radius 2 is 0.893 bits per heavy atom. The van der Waals surface area contributed by atoms with E-state index < -0.39 is 47.4 Å². The van der Waals surface area contributed by atoms with Crippen LogP contribution < -0.4 is 10.6 Å². The third-order valence-corrected chi connectivity index (χ3v) is 4.81. The van der Waals surface area contributed by atoms with Crippen LogP contribution in [0.1, 0.15) is 0 Å². The lowest BCUT2D eigenvalue weighted by Gasteiger charge is -2.45. The Balaban J connectivity index is 1.86. The number of nitrogens with one attached hydrogen (secondary N) is 2. The molecule has 1 saturated carbocycles. The number of rotatable bonds is 6. The lowest BCUT2D eigenvalue weighted by atomic mass is 9.55. The van der Waals surface area contributed by atoms with Gasteiger partial charge in [-0.25, -0.2) is 0 Å². The summed E-state index contributed by atoms with van der Waals surface area (Å²) in [6, 6.07) is 16.7. The average molecular weight is 382 g/mol. The Hall–Kier alpha value is -3.68. The SMILES string of the molecule is O=C(O)C1C(C(=O)O)C(C(=O)Nc2ccccc2)C1C(=O)Nc1ccccc1. The van der Waals surface area contributed by atoms with E-state index in [1.54, 1.807) is 60.7 Å². The van der Waals surface area contributed by atoms with Gasteiger partial charge in [0.2, 0.25) is 11.8 Å². The van der Waals surface area contributed by atoms with E-state index in [-0.39, 0.29) is 0 Å². The van der Waals surface area contributed by atoms with Gasteiger partial charge in [-0.05, 0) is 24.3 Å². The molecular formula is C20H18N2O6. The zero-order chi connectivity index (χ0) is 20.3. The quantitative estimate of drug-likeness (QED) is 0.603. The van der Waals surface area contributed by atoms with Crippen LogP contribution in [0.5, 0.6) is 0 Å². The van der Waals surface area contributed by atoms with Gasteiger partial charge >= 0.3 is 11.9 Å². The minimum absolute atomic E-state index is 0.428. The first-order valence-corrected chi connectivity index (χ1v) is 8.57. The van der Waals surface area contributed by atoms with E-state index in [9.17, 15) is 29.4 Å². The number of aliphatic carboxylic acids is 2. The summed E-state index contributed by atoms with van der Waals surface area (Å²) < 4.78 is 0. The van der Waals surface area contributed by atoms with Crippen molar-refractivity contribution in [3.8, 4) is 0 Å². The number of hydrogen-bond donors (Lipinski definition) is 4. The van der Waals surface area contributed by atoms with Crippen molar-refractivity contribution < 1.29 is 29.4 Å². The number of anilines is 2. The molecule has 0 spiro atoms. The zero-order valence-corrected chi connectivity index (χ0v) is 14.6. The molecule has 4 N–H and O–H groups in total. The van der Waals surface area contributed by atoms with Crippen LogP contribution in [0.2, 0.25) is 0 Å². The topological polar surface area (TPSA) is 133 Å². The second-order valence-electron chi connectivity index (χ2n) is 6.49. The molecule has 4 unspecified atom stereocenters. The van der Waals surface area contributed by atoms with Crippen molar-refractivity contribution in [1.29, 1.82) is 0 Å². The van der Waals surface area contributed by atoms with Crippen molar-refractivity contribution >= 4 is 35.1 Å². The highest BCUT2D eigenvalue weighted by Gasteiger charge is 2.63. The summed E-state index contributed by atoms with van der Waals surface area (Å²) >= 11 is 0. The van der Waals surface area contributed by atoms with Gasteiger partial charge in [0.25, 0.3) is 0 Å². The second-order valence-corrected chi connectivity index (χ2v) is 6.49. The van der Waals surface area contributed by atoms with Crippen molar-refractivity contribution in [2.45, 2.75) is 0 Å². The van der Waals surface area contributed by atoms with Gasteiger partial charge in [0.15, 0.2) is 0 Å². The molecule has 0 radical (unpaired) electrons. The Bertz CT molecular complexity index is 824. The van der Waals surface area contributed by atoms with Crippen molar-refractivity contribution in [2.24, 2.45) is 23.7 Å². The predicted molar refractivity (Wildman–Crippen MR) is 99.4 cm³/mol. The van der Waals surface area contributed by atoms with E-state index in [0.717, 1.165) is 0 Å². The van der Waals surface area contributed by atoms with Crippen LogP contribution in [0.3, 0.4) is 0 Å². The maximum Gasteiger partial charge on any atom is 0.308 e. The fourth-order valence-corrected chi connectivity index (χ4v) is 3.51. The van der Waals surface area contributed by atoms with E-state index in [1.165, 1.54) is 0 Å². The minimum Gasteiger partial charge on any atom is -0.481 e. The highest BCUT2D eigenvalue weighted by Crippen LogP contribution is 2.47. The molecule has 1 aliphatic rings. The minimum atomic E-state index is -1.49. The monoisotopic (exact) mass is 382 g/mol. The summed E-state index contributed by atoms with van der Waals surface area (Å²) in [6.45, 7) is 0. The normalized spacial score (nSPS) is 23.1. The number of para-hydroxylation sites is 2. The molecule has 144 valence electrons. The third kappa shape index (κ3) is 3.71. The molecule has 0 aliphatic heterocycles. The molecule has 2 aromatic carbocycles. The highest BCUT2D eigenvalue weighted by molar-refractivity contribution is 6.06. The first-order valence-electron chi connectivity index (χ1n) is 8.57. The van der Waals surface area contributed by atoms with Crippen LogP contribution in [0.4, 0.5) is 11.4 Å². The molecule has 8 heteroatoms. The molecule has 0 heterocycles. The Morgan fingerprint density at radius 3 is 1.18 bits per heavy atom. The van der Waals surface area contributed by atoms with E-state index in [1.807, 2.05) is 0 Å². The van der Waals surface area contributed by atoms with Crippen LogP contribution in [0.25, 0.3) is 0 Å². The van der Waals surface area contributed by atoms with Crippen molar-refractivity contribution in [1.82, 2.24) is 0 Å². The van der Waals surface area contributed by atoms with E-state index in [2.05, 4.69) is 10.6 Å². The maximum atomic E-state index is 12.7. The van der Waals surface area contributed by atoms with Gasteiger partial charge in [0.05, 0.1) is 23.7 Å². The van der Waals surface area contributed by atoms with Gasteiger partial charge in [0, 0.05) is 11.4 Å². The molecule has 3 rings (SSSR count). The summed E-state index contributed by atoms with van der Waals surface area (Å²) in [5.41, 5.74) is 0.857. The lowest BCUT2D eigenvalue weighted by molar-refractivity contribution is -0.179. The number of carboxylic acids is 2. The average Bonchev–Trinajstić information content (AvgIpc) is 2.61. The summed E-state index contributed by atoms with van der Waals surface area (Å²) in [5.74, 6) is -9.85. The molecule has 28 heavy (non-hydrogen) atoms. The Morgan fingerprint density at radius 1 is 0.571 bits per heavy atom. The molecule has 0 bridgehead atoms. The summed E-state index contributed by atoms with van der Waals surface area (Å²) in [5, 5.41) is 24.0. The van der Waals surface area contributed by atoms with Gasteiger partial charge in [-0.2, -0.15) is 0 Å². The molecular weight excluding hydrogens is 364 g/mol. The zero-order valence-electron chi connectivity index (χ0n) is 14.6. The molecule has 2 amide bonds. The second kappa shape index (κ2) is 7.91. The molecule has 0 saturated heterocycles. The number of carbonyl (C=O) groups is 4. The van der Waals surface area contributed by atoms with Crippen molar-refractivity contribution in [2.75, 3.05) is 10.6 Å². The predicted octanol–water partition coefficient (Wildman–Crippen LogP) is 1.91. The van der Waals surface area contributed by atoms with Crippen LogP contribution in [-0.2, 0) is 19.2 Å². The standard InChI is InChI=1S/C20H18N2O6/c23-17(21-11-7-3-1-4-8-11)13-14(16(20(27)28)15(13)19(25)26)18(24)22-12-9-5-2-6-10-12/h1-10,13-16H,(H,21,23)(H,22,24)(H,25,26)(H,27,28). The van der Waals surface area contributed by atoms with Crippen LogP contribution in [0, 0.1) is 23.7 Å². The molecule has 2 aromatic rings. The highest BCUT2D eigenvalue weighted by atomic mass is 16.4. The Kier molecular flexibility index (Phi) is 5.39. The number of carboxylic acid groups (broad SMARTS) is 2. The van der Waals surface area contributed by atoms with E-state index in [4.69, 9.17) is 0 Å². The fourth-order valence-electron chi connectivity index (χ4n) is 3.51. The molecule has 1 aliphatic carbocycles. The van der Waals surface area contributed by atoms with Gasteiger partial charge in [-0.3, -0.25) is 19.2 Å². The van der Waals surface area contributed by atoms with Crippen LogP contribution in [-0.4, -0.2) is 34.0 Å². The molecule has 4 atom stereocenters. The van der Waals surface area contributed by atoms with Crippen molar-refractivity contribution in [3.63, 3.8) is 0 Å². The van der Waals surface area contributed by atoms with Gasteiger partial charge in [0.1, 0.15) is 0 Å². The number of amides is 2. The molecule has 0 aromatic heterocycles. The molecule has 1 fully saturated rings. The first-order chi connectivity index (χ1) is 13.4. The van der Waals surface area contributed by atoms with Gasteiger partial charge in [-0.1, -0.05) is 36.4 Å². The van der Waals surface area contributed by atoms with Gasteiger partial charge in [-0.15, -0.1) is 0 Å². The van der Waals surface area contributed by atoms with E-state index >= 15 is 0 Å². The summed E-state index contributed by atoms with van der Waals surface area (Å²) in [4.78, 5) is 48.6. The maximum absolute atomic E-state index is 12.7. The first kappa shape index (κ1) is 19.1. The molecule has 8 nitrogen and oxygen atoms in total. The number of benzene rings is 2. The third-order valence-electron chi connectivity index (χ3n) is 4.81. The lowest BCUT2D eigenvalue weighted by Crippen LogP contribution is -2.61. The largest absolute Gasteiger partial charge is 0.481 e. The summed E-state index contributed by atoms with van der Waals surface area (Å²) in [7, 11) is 0. The van der Waals surface area contributed by atoms with Crippen molar-refractivity contribution in [3.05, 3.63) is 60.7 Å². The smallest absolute Gasteiger partial charge is 0.308 e. The Labute approximate surface area is 160 Å². The van der Waals surface area contributed by atoms with Gasteiger partial charge < -0.3 is 20.8 Å². The number of carbonyl (C=O) groups excluding carboxylic acids is 2.